The fraction of sp³-hybridized carbons (Fsp3) is 0.409. The lowest BCUT2D eigenvalue weighted by atomic mass is 9.82. The fourth-order valence-electron chi connectivity index (χ4n) is 3.48. The molecule has 0 atom stereocenters. The van der Waals surface area contributed by atoms with Crippen LogP contribution in [-0.2, 0) is 10.2 Å². The second kappa shape index (κ2) is 7.70. The molecule has 134 valence electrons. The number of hydrogen-bond donors (Lipinski definition) is 1. The van der Waals surface area contributed by atoms with Gasteiger partial charge in [0.2, 0.25) is 5.91 Å². The molecule has 2 aromatic rings. The minimum atomic E-state index is -0.581. The molecule has 1 N–H and O–H groups in total. The van der Waals surface area contributed by atoms with Gasteiger partial charge in [0.25, 0.3) is 0 Å². The number of hydrogen-bond acceptors (Lipinski definition) is 3. The second-order valence-corrected chi connectivity index (χ2v) is 7.58. The lowest BCUT2D eigenvalue weighted by Gasteiger charge is -2.29. The van der Waals surface area contributed by atoms with Crippen LogP contribution in [0.4, 0.5) is 0 Å². The first-order valence-corrected chi connectivity index (χ1v) is 9.28. The van der Waals surface area contributed by atoms with Gasteiger partial charge < -0.3 is 5.32 Å². The zero-order valence-corrected chi connectivity index (χ0v) is 15.5. The highest BCUT2D eigenvalue weighted by Crippen LogP contribution is 2.28. The normalized spacial score (nSPS) is 15.3. The molecule has 0 bridgehead atoms. The molecule has 0 radical (unpaired) electrons. The van der Waals surface area contributed by atoms with Crippen LogP contribution < -0.4 is 5.32 Å². The molecule has 0 unspecified atom stereocenters. The predicted molar refractivity (Wildman–Crippen MR) is 102 cm³/mol. The van der Waals surface area contributed by atoms with E-state index in [1.165, 1.54) is 19.3 Å². The first kappa shape index (κ1) is 18.1. The van der Waals surface area contributed by atoms with Gasteiger partial charge in [0.05, 0.1) is 11.0 Å². The highest BCUT2D eigenvalue weighted by atomic mass is 16.2. The Morgan fingerprint density at radius 3 is 2.46 bits per heavy atom. The van der Waals surface area contributed by atoms with Gasteiger partial charge >= 0.3 is 0 Å². The molecular weight excluding hydrogens is 322 g/mol. The van der Waals surface area contributed by atoms with E-state index in [1.54, 1.807) is 12.4 Å². The molecule has 0 aliphatic heterocycles. The van der Waals surface area contributed by atoms with E-state index in [-0.39, 0.29) is 5.91 Å². The average molecular weight is 347 g/mol. The zero-order valence-electron chi connectivity index (χ0n) is 15.5. The molecule has 1 amide bonds. The second-order valence-electron chi connectivity index (χ2n) is 7.58. The van der Waals surface area contributed by atoms with Crippen LogP contribution in [0.25, 0.3) is 11.1 Å². The molecule has 1 aliphatic rings. The van der Waals surface area contributed by atoms with Crippen LogP contribution in [0.3, 0.4) is 0 Å². The van der Waals surface area contributed by atoms with Crippen molar-refractivity contribution in [3.05, 3.63) is 53.9 Å². The van der Waals surface area contributed by atoms with Gasteiger partial charge in [-0.1, -0.05) is 43.5 Å². The average Bonchev–Trinajstić information content (AvgIpc) is 2.69. The predicted octanol–water partition coefficient (Wildman–Crippen LogP) is 4.35. The standard InChI is InChI=1S/C22H25N3O/c1-22(2,21(26)25-20-6-4-3-5-7-20)19-10-8-17(9-11-19)18-12-16(13-23)14-24-15-18/h8-12,14-15,20H,3-7H2,1-2H3,(H,25,26). The molecule has 1 saturated carbocycles. The van der Waals surface area contributed by atoms with Crippen LogP contribution >= 0.6 is 0 Å². The molecule has 0 saturated heterocycles. The van der Waals surface area contributed by atoms with Crippen LogP contribution in [-0.4, -0.2) is 16.9 Å². The molecule has 1 aromatic heterocycles. The molecule has 1 heterocycles. The molecule has 4 nitrogen and oxygen atoms in total. The summed E-state index contributed by atoms with van der Waals surface area (Å²) < 4.78 is 0. The Morgan fingerprint density at radius 1 is 1.12 bits per heavy atom. The summed E-state index contributed by atoms with van der Waals surface area (Å²) in [6.07, 6.45) is 9.16. The number of carbonyl (C=O) groups excluding carboxylic acids is 1. The smallest absolute Gasteiger partial charge is 0.230 e. The number of aromatic nitrogens is 1. The van der Waals surface area contributed by atoms with Gasteiger partial charge in [-0.3, -0.25) is 9.78 Å². The Hall–Kier alpha value is -2.67. The maximum absolute atomic E-state index is 12.8. The van der Waals surface area contributed by atoms with Crippen molar-refractivity contribution in [2.45, 2.75) is 57.4 Å². The maximum atomic E-state index is 12.8. The van der Waals surface area contributed by atoms with E-state index in [0.29, 0.717) is 11.6 Å². The van der Waals surface area contributed by atoms with Crippen molar-refractivity contribution in [1.82, 2.24) is 10.3 Å². The highest BCUT2D eigenvalue weighted by molar-refractivity contribution is 5.87. The molecule has 1 aliphatic carbocycles. The number of pyridine rings is 1. The number of rotatable bonds is 4. The van der Waals surface area contributed by atoms with Gasteiger partial charge in [-0.25, -0.2) is 0 Å². The van der Waals surface area contributed by atoms with Crippen molar-refractivity contribution in [1.29, 1.82) is 5.26 Å². The van der Waals surface area contributed by atoms with Gasteiger partial charge in [-0.05, 0) is 43.9 Å². The molecular formula is C22H25N3O. The number of amides is 1. The zero-order chi connectivity index (χ0) is 18.6. The van der Waals surface area contributed by atoms with E-state index in [2.05, 4.69) is 16.4 Å². The van der Waals surface area contributed by atoms with Crippen LogP contribution in [0.1, 0.15) is 57.1 Å². The summed E-state index contributed by atoms with van der Waals surface area (Å²) in [5.74, 6) is 0.0882. The third-order valence-corrected chi connectivity index (χ3v) is 5.32. The van der Waals surface area contributed by atoms with Crippen molar-refractivity contribution in [3.8, 4) is 17.2 Å². The van der Waals surface area contributed by atoms with Crippen molar-refractivity contribution in [3.63, 3.8) is 0 Å². The molecule has 3 rings (SSSR count). The fourth-order valence-corrected chi connectivity index (χ4v) is 3.48. The summed E-state index contributed by atoms with van der Waals surface area (Å²) in [7, 11) is 0. The highest BCUT2D eigenvalue weighted by Gasteiger charge is 2.31. The number of nitrogens with zero attached hydrogens (tertiary/aromatic N) is 2. The van der Waals surface area contributed by atoms with E-state index in [9.17, 15) is 4.79 Å². The Balaban J connectivity index is 1.75. The lowest BCUT2D eigenvalue weighted by Crippen LogP contribution is -2.45. The quantitative estimate of drug-likeness (QED) is 0.894. The van der Waals surface area contributed by atoms with E-state index in [4.69, 9.17) is 5.26 Å². The minimum absolute atomic E-state index is 0.0882. The summed E-state index contributed by atoms with van der Waals surface area (Å²) in [6, 6.07) is 12.2. The van der Waals surface area contributed by atoms with Gasteiger partial charge in [0.15, 0.2) is 0 Å². The molecule has 1 aromatic carbocycles. The topological polar surface area (TPSA) is 65.8 Å². The Morgan fingerprint density at radius 2 is 1.81 bits per heavy atom. The number of nitriles is 1. The number of nitrogens with one attached hydrogen (secondary N) is 1. The third-order valence-electron chi connectivity index (χ3n) is 5.32. The Labute approximate surface area is 155 Å². The maximum Gasteiger partial charge on any atom is 0.230 e. The lowest BCUT2D eigenvalue weighted by molar-refractivity contribution is -0.126. The monoisotopic (exact) mass is 347 g/mol. The van der Waals surface area contributed by atoms with Gasteiger partial charge in [0.1, 0.15) is 6.07 Å². The van der Waals surface area contributed by atoms with Gasteiger partial charge in [-0.2, -0.15) is 5.26 Å². The number of carbonyl (C=O) groups is 1. The van der Waals surface area contributed by atoms with Gasteiger partial charge in [0, 0.05) is 24.0 Å². The van der Waals surface area contributed by atoms with Crippen molar-refractivity contribution in [2.24, 2.45) is 0 Å². The molecule has 0 spiro atoms. The summed E-state index contributed by atoms with van der Waals surface area (Å²) >= 11 is 0. The Kier molecular flexibility index (Phi) is 5.37. The van der Waals surface area contributed by atoms with Crippen molar-refractivity contribution in [2.75, 3.05) is 0 Å². The third kappa shape index (κ3) is 3.94. The summed E-state index contributed by atoms with van der Waals surface area (Å²) in [5, 5.41) is 12.3. The summed E-state index contributed by atoms with van der Waals surface area (Å²) in [5.41, 5.74) is 2.84. The van der Waals surface area contributed by atoms with E-state index in [0.717, 1.165) is 29.5 Å². The molecule has 1 fully saturated rings. The molecule has 4 heteroatoms. The van der Waals surface area contributed by atoms with Crippen molar-refractivity contribution >= 4 is 5.91 Å². The minimum Gasteiger partial charge on any atom is -0.353 e. The molecule has 26 heavy (non-hydrogen) atoms. The van der Waals surface area contributed by atoms with E-state index >= 15 is 0 Å². The van der Waals surface area contributed by atoms with E-state index in [1.807, 2.05) is 44.2 Å². The van der Waals surface area contributed by atoms with E-state index < -0.39 is 5.41 Å². The SMILES string of the molecule is CC(C)(C(=O)NC1CCCCC1)c1ccc(-c2cncc(C#N)c2)cc1. The van der Waals surface area contributed by atoms with Gasteiger partial charge in [-0.15, -0.1) is 0 Å². The van der Waals surface area contributed by atoms with Crippen molar-refractivity contribution < 1.29 is 4.79 Å². The largest absolute Gasteiger partial charge is 0.353 e. The summed E-state index contributed by atoms with van der Waals surface area (Å²) in [4.78, 5) is 16.9. The summed E-state index contributed by atoms with van der Waals surface area (Å²) in [6.45, 7) is 3.94. The number of benzene rings is 1. The van der Waals surface area contributed by atoms with Crippen LogP contribution in [0.2, 0.25) is 0 Å². The van der Waals surface area contributed by atoms with Crippen LogP contribution in [0.5, 0.6) is 0 Å². The first-order chi connectivity index (χ1) is 12.5. The first-order valence-electron chi connectivity index (χ1n) is 9.28. The van der Waals surface area contributed by atoms with Crippen LogP contribution in [0.15, 0.2) is 42.7 Å². The van der Waals surface area contributed by atoms with Crippen LogP contribution in [0, 0.1) is 11.3 Å². The Bertz CT molecular complexity index is 812.